The third-order valence-corrected chi connectivity index (χ3v) is 17.6. The van der Waals surface area contributed by atoms with Crippen LogP contribution in [0.2, 0.25) is 0 Å². The second kappa shape index (κ2) is 22.8. The van der Waals surface area contributed by atoms with Gasteiger partial charge >= 0.3 is 0 Å². The van der Waals surface area contributed by atoms with Gasteiger partial charge in [0, 0.05) is 64.4 Å². The topological polar surface area (TPSA) is 217 Å². The highest BCUT2D eigenvalue weighted by atomic mass is 32.2. The minimum atomic E-state index is -0.512. The molecule has 0 unspecified atom stereocenters. The average Bonchev–Trinajstić information content (AvgIpc) is 4.21. The monoisotopic (exact) mass is 982 g/mol. The molecule has 0 aliphatic carbocycles. The number of allylic oxidation sites excluding steroid dienone is 12. The zero-order valence-corrected chi connectivity index (χ0v) is 40.0. The van der Waals surface area contributed by atoms with E-state index in [-0.39, 0.29) is 33.4 Å². The molecular weight excluding hydrogens is 961 g/mol. The molecule has 4 aliphatic heterocycles. The first-order valence-corrected chi connectivity index (χ1v) is 25.2. The van der Waals surface area contributed by atoms with Crippen LogP contribution >= 0.6 is 94.1 Å². The summed E-state index contributed by atoms with van der Waals surface area (Å²) in [5.74, 6) is 0. The molecule has 0 spiro atoms. The molecule has 0 radical (unpaired) electrons. The lowest BCUT2D eigenvalue weighted by atomic mass is 9.77. The molecule has 18 heteroatoms. The molecule has 0 saturated carbocycles. The summed E-state index contributed by atoms with van der Waals surface area (Å²) in [6.45, 7) is 0. The van der Waals surface area contributed by atoms with Crippen LogP contribution in [0.5, 0.6) is 0 Å². The summed E-state index contributed by atoms with van der Waals surface area (Å²) in [5.41, 5.74) is 0.789. The van der Waals surface area contributed by atoms with Gasteiger partial charge in [-0.1, -0.05) is 118 Å². The molecule has 65 heavy (non-hydrogen) atoms. The highest BCUT2D eigenvalue weighted by Crippen LogP contribution is 2.59. The third-order valence-electron chi connectivity index (χ3n) is 9.06. The molecule has 4 heterocycles. The number of hydrogen-bond donors (Lipinski definition) is 0. The smallest absolute Gasteiger partial charge is 0.138 e. The van der Waals surface area contributed by atoms with Gasteiger partial charge in [-0.25, -0.2) is 0 Å². The van der Waals surface area contributed by atoms with Gasteiger partial charge < -0.3 is 4.90 Å². The van der Waals surface area contributed by atoms with E-state index in [1.807, 2.05) is 64.9 Å². The fourth-order valence-electron chi connectivity index (χ4n) is 6.37. The van der Waals surface area contributed by atoms with E-state index < -0.39 is 22.3 Å². The Balaban J connectivity index is 1.88. The number of nitriles is 9. The van der Waals surface area contributed by atoms with Crippen molar-refractivity contribution < 1.29 is 0 Å². The summed E-state index contributed by atoms with van der Waals surface area (Å²) in [6.07, 6.45) is 0. The summed E-state index contributed by atoms with van der Waals surface area (Å²) in [6, 6.07) is 32.0. The van der Waals surface area contributed by atoms with Crippen molar-refractivity contribution in [3.05, 3.63) is 181 Å². The van der Waals surface area contributed by atoms with Crippen molar-refractivity contribution in [2.75, 3.05) is 19.0 Å². The fraction of sp³-hybridized carbons (Fsp3) is 0.0426. The Morgan fingerprint density at radius 2 is 0.723 bits per heavy atom. The van der Waals surface area contributed by atoms with Crippen LogP contribution < -0.4 is 4.90 Å². The van der Waals surface area contributed by atoms with E-state index in [0.29, 0.717) is 40.5 Å². The number of hydrogen-bond acceptors (Lipinski definition) is 18. The Morgan fingerprint density at radius 3 is 1.11 bits per heavy atom. The SMILES string of the molecule is CN(C)c1ccc(C(=C(C#N)C#N)C(=C(C#N)C#N)C(=C2SC=CS2)C(=C2SC=CS2)C(=C(C#N)C#N)C(=C(C#N)C#N)C(=C2SC=CS2)C(=C2SC=CS2)c2ccc(C#N)cc2)cc1. The molecular formula is C47H22N10S8. The van der Waals surface area contributed by atoms with Crippen LogP contribution in [0.1, 0.15) is 16.7 Å². The predicted molar refractivity (Wildman–Crippen MR) is 270 cm³/mol. The first-order valence-electron chi connectivity index (χ1n) is 18.1. The highest BCUT2D eigenvalue weighted by molar-refractivity contribution is 8.29. The molecule has 0 saturated heterocycles. The molecule has 2 aromatic carbocycles. The maximum Gasteiger partial charge on any atom is 0.138 e. The molecule has 6 rings (SSSR count). The van der Waals surface area contributed by atoms with Crippen molar-refractivity contribution in [1.82, 2.24) is 0 Å². The van der Waals surface area contributed by atoms with Gasteiger partial charge in [0.25, 0.3) is 0 Å². The van der Waals surface area contributed by atoms with Crippen LogP contribution in [-0.2, 0) is 0 Å². The summed E-state index contributed by atoms with van der Waals surface area (Å²) in [5, 5.41) is 112. The van der Waals surface area contributed by atoms with Gasteiger partial charge in [-0.05, 0) is 78.7 Å². The molecule has 0 atom stereocenters. The lowest BCUT2D eigenvalue weighted by Crippen LogP contribution is -2.13. The molecule has 4 aliphatic rings. The van der Waals surface area contributed by atoms with Crippen molar-refractivity contribution in [1.29, 1.82) is 47.4 Å². The predicted octanol–water partition coefficient (Wildman–Crippen LogP) is 13.3. The van der Waals surface area contributed by atoms with Crippen LogP contribution in [0.4, 0.5) is 5.69 Å². The Labute approximate surface area is 409 Å². The van der Waals surface area contributed by atoms with Crippen molar-refractivity contribution in [2.24, 2.45) is 0 Å². The normalized spacial score (nSPS) is 13.6. The van der Waals surface area contributed by atoms with Gasteiger partial charge in [-0.2, -0.15) is 47.4 Å². The van der Waals surface area contributed by atoms with Crippen molar-refractivity contribution >= 4 is 111 Å². The first-order chi connectivity index (χ1) is 31.7. The lowest BCUT2D eigenvalue weighted by molar-refractivity contribution is 1.13. The van der Waals surface area contributed by atoms with Crippen LogP contribution in [0.25, 0.3) is 11.1 Å². The zero-order valence-electron chi connectivity index (χ0n) is 33.5. The Hall–Kier alpha value is -6.67. The number of rotatable bonds is 10. The molecule has 2 aromatic rings. The molecule has 308 valence electrons. The van der Waals surface area contributed by atoms with E-state index in [4.69, 9.17) is 0 Å². The molecule has 0 aromatic heterocycles. The first kappa shape index (κ1) is 47.8. The molecule has 0 fully saturated rings. The van der Waals surface area contributed by atoms with Gasteiger partial charge in [0.15, 0.2) is 0 Å². The minimum Gasteiger partial charge on any atom is -0.378 e. The highest BCUT2D eigenvalue weighted by Gasteiger charge is 2.38. The van der Waals surface area contributed by atoms with Crippen LogP contribution in [0.3, 0.4) is 0 Å². The summed E-state index contributed by atoms with van der Waals surface area (Å²) in [7, 11) is 3.68. The lowest BCUT2D eigenvalue weighted by Gasteiger charge is -2.28. The molecule has 0 amide bonds. The van der Waals surface area contributed by atoms with Gasteiger partial charge in [0.1, 0.15) is 70.8 Å². The van der Waals surface area contributed by atoms with E-state index in [2.05, 4.69) is 30.3 Å². The fourth-order valence-corrected chi connectivity index (χ4v) is 14.0. The van der Waals surface area contributed by atoms with Gasteiger partial charge in [-0.15, -0.1) is 0 Å². The maximum absolute atomic E-state index is 11.1. The standard InChI is InChI=1S/C47H22N10S8/c1-57(2)35-9-7-29(8-10-35)36(31(20-49)21-50)37(32(22-51)23-52)42(46-62-15-16-63-46)43(47-64-17-18-65-47)39(34(26-55)27-56)38(33(24-53)25-54)41(45-60-13-14-61-45)40(44-58-11-12-59-44)30-5-3-28(19-48)4-6-30/h3-18H,1-2H3. The largest absolute Gasteiger partial charge is 0.378 e. The molecule has 0 N–H and O–H groups in total. The van der Waals surface area contributed by atoms with E-state index in [1.165, 1.54) is 94.1 Å². The Morgan fingerprint density at radius 1 is 0.385 bits per heavy atom. The number of nitrogens with zero attached hydrogens (tertiary/aromatic N) is 10. The quantitative estimate of drug-likeness (QED) is 0.160. The van der Waals surface area contributed by atoms with E-state index >= 15 is 0 Å². The molecule has 10 nitrogen and oxygen atoms in total. The average molecular weight is 983 g/mol. The number of thioether (sulfide) groups is 8. The number of benzene rings is 2. The van der Waals surface area contributed by atoms with Gasteiger partial charge in [0.2, 0.25) is 0 Å². The van der Waals surface area contributed by atoms with Crippen molar-refractivity contribution in [3.8, 4) is 54.6 Å². The van der Waals surface area contributed by atoms with E-state index in [1.54, 1.807) is 70.2 Å². The second-order valence-electron chi connectivity index (χ2n) is 12.7. The summed E-state index contributed by atoms with van der Waals surface area (Å²) < 4.78 is 2.20. The van der Waals surface area contributed by atoms with Gasteiger partial charge in [-0.3, -0.25) is 0 Å². The van der Waals surface area contributed by atoms with Crippen LogP contribution in [-0.4, -0.2) is 14.1 Å². The van der Waals surface area contributed by atoms with E-state index in [0.717, 1.165) is 9.92 Å². The van der Waals surface area contributed by atoms with Crippen molar-refractivity contribution in [2.45, 2.75) is 0 Å². The van der Waals surface area contributed by atoms with E-state index in [9.17, 15) is 47.4 Å². The van der Waals surface area contributed by atoms with Crippen LogP contribution in [0, 0.1) is 102 Å². The molecule has 0 bridgehead atoms. The Kier molecular flexibility index (Phi) is 16.8. The summed E-state index contributed by atoms with van der Waals surface area (Å²) >= 11 is 10.2. The summed E-state index contributed by atoms with van der Waals surface area (Å²) in [4.78, 5) is 1.85. The zero-order chi connectivity index (χ0) is 46.5. The minimum absolute atomic E-state index is 0.0656. The van der Waals surface area contributed by atoms with Crippen molar-refractivity contribution in [3.63, 3.8) is 0 Å². The van der Waals surface area contributed by atoms with Gasteiger partial charge in [0.05, 0.1) is 28.6 Å². The maximum atomic E-state index is 11.1. The third kappa shape index (κ3) is 10.2. The number of anilines is 1. The Bertz CT molecular complexity index is 3090. The van der Waals surface area contributed by atoms with Crippen LogP contribution in [0.15, 0.2) is 164 Å². The second-order valence-corrected chi connectivity index (χ2v) is 21.1.